The smallest absolute Gasteiger partial charge is 0.229 e. The molecule has 18 heavy (non-hydrogen) atoms. The zero-order chi connectivity index (χ0) is 13.1. The summed E-state index contributed by atoms with van der Waals surface area (Å²) >= 11 is 0. The first-order chi connectivity index (χ1) is 8.58. The Bertz CT molecular complexity index is 391. The van der Waals surface area contributed by atoms with Gasteiger partial charge in [-0.05, 0) is 30.7 Å². The average Bonchev–Trinajstić information content (AvgIpc) is 2.37. The summed E-state index contributed by atoms with van der Waals surface area (Å²) in [6, 6.07) is 10.1. The number of hydrogen-bond donors (Lipinski definition) is 0. The number of carbonyl (C=O) groups is 1. The Morgan fingerprint density at radius 3 is 2.28 bits per heavy atom. The highest BCUT2D eigenvalue weighted by Gasteiger charge is 2.28. The Kier molecular flexibility index (Phi) is 4.05. The number of benzene rings is 1. The van der Waals surface area contributed by atoms with Gasteiger partial charge in [0, 0.05) is 13.1 Å². The molecule has 0 spiro atoms. The fourth-order valence-corrected chi connectivity index (χ4v) is 3.00. The first-order valence-corrected chi connectivity index (χ1v) is 6.91. The lowest BCUT2D eigenvalue weighted by atomic mass is 9.90. The van der Waals surface area contributed by atoms with Crippen LogP contribution in [0.2, 0.25) is 0 Å². The summed E-state index contributed by atoms with van der Waals surface area (Å²) in [4.78, 5) is 14.6. The van der Waals surface area contributed by atoms with Gasteiger partial charge in [0.25, 0.3) is 0 Å². The van der Waals surface area contributed by atoms with Crippen molar-refractivity contribution in [3.05, 3.63) is 35.9 Å². The summed E-state index contributed by atoms with van der Waals surface area (Å²) in [6.45, 7) is 8.33. The minimum Gasteiger partial charge on any atom is -0.342 e. The second kappa shape index (κ2) is 5.55. The number of likely N-dealkylation sites (tertiary alicyclic amines) is 1. The van der Waals surface area contributed by atoms with Crippen molar-refractivity contribution in [2.24, 2.45) is 11.8 Å². The maximum atomic E-state index is 12.5. The number of rotatable bonds is 2. The molecule has 2 heteroatoms. The van der Waals surface area contributed by atoms with Crippen LogP contribution in [0.4, 0.5) is 0 Å². The topological polar surface area (TPSA) is 20.3 Å². The quantitative estimate of drug-likeness (QED) is 0.783. The number of piperidine rings is 1. The van der Waals surface area contributed by atoms with Gasteiger partial charge >= 0.3 is 0 Å². The predicted molar refractivity (Wildman–Crippen MR) is 74.4 cm³/mol. The lowest BCUT2D eigenvalue weighted by molar-refractivity contribution is -0.135. The molecule has 1 aliphatic rings. The van der Waals surface area contributed by atoms with Gasteiger partial charge in [-0.1, -0.05) is 44.2 Å². The van der Waals surface area contributed by atoms with Gasteiger partial charge in [0.2, 0.25) is 5.91 Å². The van der Waals surface area contributed by atoms with Gasteiger partial charge in [0.05, 0.1) is 5.92 Å². The second-order valence-electron chi connectivity index (χ2n) is 5.82. The van der Waals surface area contributed by atoms with Gasteiger partial charge in [-0.2, -0.15) is 0 Å². The third kappa shape index (κ3) is 2.92. The van der Waals surface area contributed by atoms with Crippen molar-refractivity contribution in [2.75, 3.05) is 13.1 Å². The van der Waals surface area contributed by atoms with Crippen LogP contribution in [0.3, 0.4) is 0 Å². The monoisotopic (exact) mass is 245 g/mol. The maximum Gasteiger partial charge on any atom is 0.229 e. The molecule has 2 nitrogen and oxygen atoms in total. The van der Waals surface area contributed by atoms with E-state index < -0.39 is 0 Å². The molecule has 0 radical (unpaired) electrons. The van der Waals surface area contributed by atoms with E-state index in [-0.39, 0.29) is 11.8 Å². The van der Waals surface area contributed by atoms with Crippen LogP contribution in [0.15, 0.2) is 30.3 Å². The first-order valence-electron chi connectivity index (χ1n) is 6.91. The molecule has 98 valence electrons. The number of amides is 1. The third-order valence-electron chi connectivity index (χ3n) is 3.85. The van der Waals surface area contributed by atoms with Crippen molar-refractivity contribution in [3.63, 3.8) is 0 Å². The standard InChI is InChI=1S/C16H23NO/c1-12-9-13(2)11-17(10-12)16(18)14(3)15-7-5-4-6-8-15/h4-8,12-14H,9-11H2,1-3H3. The van der Waals surface area contributed by atoms with Gasteiger partial charge in [0.15, 0.2) is 0 Å². The molecule has 0 bridgehead atoms. The molecule has 1 aromatic rings. The molecule has 0 N–H and O–H groups in total. The summed E-state index contributed by atoms with van der Waals surface area (Å²) in [5, 5.41) is 0. The Balaban J connectivity index is 2.07. The van der Waals surface area contributed by atoms with E-state index in [1.807, 2.05) is 37.3 Å². The van der Waals surface area contributed by atoms with Crippen LogP contribution in [0.25, 0.3) is 0 Å². The largest absolute Gasteiger partial charge is 0.342 e. The highest BCUT2D eigenvalue weighted by Crippen LogP contribution is 2.25. The van der Waals surface area contributed by atoms with Crippen molar-refractivity contribution >= 4 is 5.91 Å². The van der Waals surface area contributed by atoms with Gasteiger partial charge in [-0.15, -0.1) is 0 Å². The van der Waals surface area contributed by atoms with Gasteiger partial charge in [-0.3, -0.25) is 4.79 Å². The van der Waals surface area contributed by atoms with E-state index in [1.54, 1.807) is 0 Å². The van der Waals surface area contributed by atoms with Crippen LogP contribution in [0.1, 0.15) is 38.7 Å². The Labute approximate surface area is 110 Å². The Morgan fingerprint density at radius 1 is 1.17 bits per heavy atom. The van der Waals surface area contributed by atoms with Gasteiger partial charge in [0.1, 0.15) is 0 Å². The Hall–Kier alpha value is -1.31. The van der Waals surface area contributed by atoms with E-state index in [0.29, 0.717) is 11.8 Å². The van der Waals surface area contributed by atoms with Crippen LogP contribution < -0.4 is 0 Å². The normalized spacial score (nSPS) is 25.8. The molecule has 3 atom stereocenters. The molecule has 1 heterocycles. The van der Waals surface area contributed by atoms with Crippen LogP contribution in [0.5, 0.6) is 0 Å². The number of hydrogen-bond acceptors (Lipinski definition) is 1. The van der Waals surface area contributed by atoms with Crippen molar-refractivity contribution in [1.82, 2.24) is 4.90 Å². The van der Waals surface area contributed by atoms with E-state index >= 15 is 0 Å². The van der Waals surface area contributed by atoms with Crippen molar-refractivity contribution in [1.29, 1.82) is 0 Å². The SMILES string of the molecule is CC1CC(C)CN(C(=O)C(C)c2ccccc2)C1. The minimum absolute atomic E-state index is 0.0244. The summed E-state index contributed by atoms with van der Waals surface area (Å²) in [5.74, 6) is 1.50. The molecule has 1 aliphatic heterocycles. The molecule has 1 amide bonds. The third-order valence-corrected chi connectivity index (χ3v) is 3.85. The average molecular weight is 245 g/mol. The van der Waals surface area contributed by atoms with Crippen molar-refractivity contribution in [3.8, 4) is 0 Å². The zero-order valence-electron chi connectivity index (χ0n) is 11.6. The van der Waals surface area contributed by atoms with Crippen molar-refractivity contribution in [2.45, 2.75) is 33.1 Å². The molecular weight excluding hydrogens is 222 g/mol. The van der Waals surface area contributed by atoms with E-state index in [4.69, 9.17) is 0 Å². The molecule has 1 aromatic carbocycles. The maximum absolute atomic E-state index is 12.5. The van der Waals surface area contributed by atoms with E-state index in [2.05, 4.69) is 18.7 Å². The molecule has 0 saturated carbocycles. The highest BCUT2D eigenvalue weighted by molar-refractivity contribution is 5.83. The summed E-state index contributed by atoms with van der Waals surface area (Å²) in [7, 11) is 0. The van der Waals surface area contributed by atoms with Crippen LogP contribution in [-0.4, -0.2) is 23.9 Å². The van der Waals surface area contributed by atoms with Gasteiger partial charge in [-0.25, -0.2) is 0 Å². The summed E-state index contributed by atoms with van der Waals surface area (Å²) in [6.07, 6.45) is 1.24. The fraction of sp³-hybridized carbons (Fsp3) is 0.562. The molecule has 1 saturated heterocycles. The highest BCUT2D eigenvalue weighted by atomic mass is 16.2. The van der Waals surface area contributed by atoms with E-state index in [0.717, 1.165) is 18.7 Å². The zero-order valence-corrected chi connectivity index (χ0v) is 11.6. The molecule has 1 fully saturated rings. The van der Waals surface area contributed by atoms with Gasteiger partial charge < -0.3 is 4.90 Å². The predicted octanol–water partition coefficient (Wildman–Crippen LogP) is 3.29. The first kappa shape index (κ1) is 13.1. The lowest BCUT2D eigenvalue weighted by Crippen LogP contribution is -2.44. The lowest BCUT2D eigenvalue weighted by Gasteiger charge is -2.36. The van der Waals surface area contributed by atoms with Crippen LogP contribution in [0, 0.1) is 11.8 Å². The van der Waals surface area contributed by atoms with E-state index in [1.165, 1.54) is 6.42 Å². The molecule has 0 aliphatic carbocycles. The molecule has 2 rings (SSSR count). The number of nitrogens with zero attached hydrogens (tertiary/aromatic N) is 1. The van der Waals surface area contributed by atoms with Crippen LogP contribution in [-0.2, 0) is 4.79 Å². The second-order valence-corrected chi connectivity index (χ2v) is 5.82. The van der Waals surface area contributed by atoms with Crippen LogP contribution >= 0.6 is 0 Å². The fourth-order valence-electron chi connectivity index (χ4n) is 3.00. The minimum atomic E-state index is -0.0244. The van der Waals surface area contributed by atoms with E-state index in [9.17, 15) is 4.79 Å². The summed E-state index contributed by atoms with van der Waals surface area (Å²) < 4.78 is 0. The number of carbonyl (C=O) groups excluding carboxylic acids is 1. The molecule has 0 aromatic heterocycles. The van der Waals surface area contributed by atoms with Crippen molar-refractivity contribution < 1.29 is 4.79 Å². The Morgan fingerprint density at radius 2 is 1.72 bits per heavy atom. The molecule has 3 unspecified atom stereocenters. The molecular formula is C16H23NO. The summed E-state index contributed by atoms with van der Waals surface area (Å²) in [5.41, 5.74) is 1.12.